The van der Waals surface area contributed by atoms with Crippen molar-refractivity contribution in [2.24, 2.45) is 0 Å². The predicted molar refractivity (Wildman–Crippen MR) is 125 cm³/mol. The van der Waals surface area contributed by atoms with Gasteiger partial charge in [-0.3, -0.25) is 0 Å². The summed E-state index contributed by atoms with van der Waals surface area (Å²) in [4.78, 5) is 0. The van der Waals surface area contributed by atoms with Gasteiger partial charge in [-0.05, 0) is 56.6 Å². The number of benzene rings is 1. The smallest absolute Gasteiger partial charge is 0.192 e. The van der Waals surface area contributed by atoms with Crippen molar-refractivity contribution in [2.75, 3.05) is 20.3 Å². The lowest BCUT2D eigenvalue weighted by Gasteiger charge is -2.40. The Hall–Kier alpha value is -0.963. The van der Waals surface area contributed by atoms with Crippen molar-refractivity contribution in [3.05, 3.63) is 29.8 Å². The Kier molecular flexibility index (Phi) is 8.39. The zero-order valence-corrected chi connectivity index (χ0v) is 21.8. The molecule has 0 aliphatic carbocycles. The van der Waals surface area contributed by atoms with Crippen LogP contribution < -0.4 is 4.74 Å². The maximum absolute atomic E-state index is 9.99. The van der Waals surface area contributed by atoms with Gasteiger partial charge in [0.25, 0.3) is 0 Å². The molecule has 3 atom stereocenters. The molecule has 7 heteroatoms. The van der Waals surface area contributed by atoms with Crippen LogP contribution in [0, 0.1) is 0 Å². The highest BCUT2D eigenvalue weighted by atomic mass is 28.4. The van der Waals surface area contributed by atoms with Crippen molar-refractivity contribution in [1.29, 1.82) is 0 Å². The molecule has 2 rings (SSSR count). The molecule has 1 heterocycles. The van der Waals surface area contributed by atoms with Crippen molar-refractivity contribution in [2.45, 2.75) is 96.3 Å². The van der Waals surface area contributed by atoms with E-state index in [1.165, 1.54) is 0 Å². The number of rotatable bonds is 10. The summed E-state index contributed by atoms with van der Waals surface area (Å²) < 4.78 is 30.2. The molecule has 0 amide bonds. The molecule has 31 heavy (non-hydrogen) atoms. The van der Waals surface area contributed by atoms with Crippen LogP contribution in [0.5, 0.6) is 5.75 Å². The molecule has 0 unspecified atom stereocenters. The van der Waals surface area contributed by atoms with Gasteiger partial charge in [0.05, 0.1) is 39.1 Å². The molecule has 0 spiro atoms. The van der Waals surface area contributed by atoms with Gasteiger partial charge in [-0.15, -0.1) is 0 Å². The minimum absolute atomic E-state index is 0.0772. The van der Waals surface area contributed by atoms with Gasteiger partial charge in [0, 0.05) is 6.42 Å². The fraction of sp³-hybridized carbons (Fsp3) is 0.750. The van der Waals surface area contributed by atoms with Crippen molar-refractivity contribution in [3.8, 4) is 5.75 Å². The molecule has 0 aromatic heterocycles. The standard InChI is InChI=1S/C24H42O6Si/c1-22(2,3)31(8,9)29-20(14-21-24(6,17-25)30-23(4,5)28-21)16-27-15-18-10-12-19(26-7)13-11-18/h10-13,20-21,25H,14-17H2,1-9H3/t20-,21-,24-/m1/s1. The quantitative estimate of drug-likeness (QED) is 0.508. The fourth-order valence-electron chi connectivity index (χ4n) is 3.56. The molecule has 1 aliphatic heterocycles. The Balaban J connectivity index is 2.10. The largest absolute Gasteiger partial charge is 0.497 e. The number of hydrogen-bond donors (Lipinski definition) is 1. The molecule has 1 fully saturated rings. The zero-order chi connectivity index (χ0) is 23.5. The summed E-state index contributed by atoms with van der Waals surface area (Å²) in [6.07, 6.45) is 0.148. The number of aliphatic hydroxyl groups excluding tert-OH is 1. The lowest BCUT2D eigenvalue weighted by molar-refractivity contribution is -0.166. The van der Waals surface area contributed by atoms with Gasteiger partial charge in [0.2, 0.25) is 0 Å². The van der Waals surface area contributed by atoms with Crippen molar-refractivity contribution in [3.63, 3.8) is 0 Å². The Morgan fingerprint density at radius 3 is 2.26 bits per heavy atom. The van der Waals surface area contributed by atoms with Gasteiger partial charge in [0.15, 0.2) is 14.1 Å². The number of methoxy groups -OCH3 is 1. The molecule has 0 radical (unpaired) electrons. The van der Waals surface area contributed by atoms with Gasteiger partial charge in [-0.25, -0.2) is 0 Å². The maximum Gasteiger partial charge on any atom is 0.192 e. The van der Waals surface area contributed by atoms with E-state index in [9.17, 15) is 5.11 Å². The van der Waals surface area contributed by atoms with Gasteiger partial charge >= 0.3 is 0 Å². The van der Waals surface area contributed by atoms with Gasteiger partial charge in [-0.1, -0.05) is 32.9 Å². The third-order valence-electron chi connectivity index (χ3n) is 6.38. The number of ether oxygens (including phenoxy) is 4. The van der Waals surface area contributed by atoms with Crippen molar-refractivity contribution >= 4 is 8.32 Å². The van der Waals surface area contributed by atoms with Crippen LogP contribution in [0.25, 0.3) is 0 Å². The summed E-state index contributed by atoms with van der Waals surface area (Å²) in [6.45, 7) is 17.6. The zero-order valence-electron chi connectivity index (χ0n) is 20.8. The minimum atomic E-state index is -2.03. The van der Waals surface area contributed by atoms with Crippen LogP contribution in [0.3, 0.4) is 0 Å². The first-order valence-corrected chi connectivity index (χ1v) is 14.0. The van der Waals surface area contributed by atoms with Gasteiger partial charge in [0.1, 0.15) is 11.4 Å². The summed E-state index contributed by atoms with van der Waals surface area (Å²) in [6, 6.07) is 7.87. The molecule has 178 valence electrons. The van der Waals surface area contributed by atoms with Crippen molar-refractivity contribution < 1.29 is 28.5 Å². The second-order valence-electron chi connectivity index (χ2n) is 10.7. The van der Waals surface area contributed by atoms with E-state index in [-0.39, 0.29) is 23.9 Å². The molecule has 1 aromatic rings. The van der Waals surface area contributed by atoms with E-state index in [0.717, 1.165) is 11.3 Å². The highest BCUT2D eigenvalue weighted by molar-refractivity contribution is 6.74. The van der Waals surface area contributed by atoms with Crippen LogP contribution in [0.15, 0.2) is 24.3 Å². The summed E-state index contributed by atoms with van der Waals surface area (Å²) in [5, 5.41) is 10.1. The first kappa shape index (κ1) is 26.3. The second kappa shape index (κ2) is 9.89. The van der Waals surface area contributed by atoms with E-state index in [1.54, 1.807) is 7.11 Å². The van der Waals surface area contributed by atoms with Crippen LogP contribution in [-0.4, -0.2) is 57.3 Å². The molecular formula is C24H42O6Si. The van der Waals surface area contributed by atoms with E-state index >= 15 is 0 Å². The number of aliphatic hydroxyl groups is 1. The average Bonchev–Trinajstić information content (AvgIpc) is 2.89. The SMILES string of the molecule is COc1ccc(COC[C@@H](C[C@H]2OC(C)(C)O[C@]2(C)CO)O[Si](C)(C)C(C)(C)C)cc1. The first-order chi connectivity index (χ1) is 14.2. The summed E-state index contributed by atoms with van der Waals surface area (Å²) in [7, 11) is -0.372. The molecule has 1 aliphatic rings. The maximum atomic E-state index is 9.99. The highest BCUT2D eigenvalue weighted by Crippen LogP contribution is 2.41. The molecule has 1 saturated heterocycles. The van der Waals surface area contributed by atoms with Crippen LogP contribution >= 0.6 is 0 Å². The van der Waals surface area contributed by atoms with Crippen LogP contribution in [0.2, 0.25) is 18.1 Å². The van der Waals surface area contributed by atoms with Crippen LogP contribution in [-0.2, 0) is 25.2 Å². The Morgan fingerprint density at radius 2 is 1.74 bits per heavy atom. The van der Waals surface area contributed by atoms with E-state index < -0.39 is 19.7 Å². The van der Waals surface area contributed by atoms with E-state index in [2.05, 4.69) is 33.9 Å². The highest BCUT2D eigenvalue weighted by Gasteiger charge is 2.51. The van der Waals surface area contributed by atoms with Crippen LogP contribution in [0.4, 0.5) is 0 Å². The monoisotopic (exact) mass is 454 g/mol. The van der Waals surface area contributed by atoms with Crippen LogP contribution in [0.1, 0.15) is 53.5 Å². The van der Waals surface area contributed by atoms with E-state index in [4.69, 9.17) is 23.4 Å². The molecule has 6 nitrogen and oxygen atoms in total. The molecule has 0 bridgehead atoms. The van der Waals surface area contributed by atoms with Gasteiger partial charge < -0.3 is 28.5 Å². The lowest BCUT2D eigenvalue weighted by atomic mass is 9.95. The molecular weight excluding hydrogens is 412 g/mol. The second-order valence-corrected chi connectivity index (χ2v) is 15.4. The summed E-state index contributed by atoms with van der Waals surface area (Å²) in [5.41, 5.74) is 0.308. The topological polar surface area (TPSA) is 66.4 Å². The summed E-state index contributed by atoms with van der Waals surface area (Å²) >= 11 is 0. The van der Waals surface area contributed by atoms with Crippen molar-refractivity contribution in [1.82, 2.24) is 0 Å². The lowest BCUT2D eigenvalue weighted by Crippen LogP contribution is -2.48. The van der Waals surface area contributed by atoms with E-state index in [0.29, 0.717) is 19.6 Å². The minimum Gasteiger partial charge on any atom is -0.497 e. The molecule has 0 saturated carbocycles. The number of hydrogen-bond acceptors (Lipinski definition) is 6. The average molecular weight is 455 g/mol. The predicted octanol–water partition coefficient (Wildman–Crippen LogP) is 4.89. The Morgan fingerprint density at radius 1 is 1.13 bits per heavy atom. The third kappa shape index (κ3) is 7.01. The summed E-state index contributed by atoms with van der Waals surface area (Å²) in [5.74, 6) is 0.0836. The van der Waals surface area contributed by atoms with Gasteiger partial charge in [-0.2, -0.15) is 0 Å². The molecule has 1 N–H and O–H groups in total. The Bertz CT molecular complexity index is 697. The van der Waals surface area contributed by atoms with E-state index in [1.807, 2.05) is 45.0 Å². The third-order valence-corrected chi connectivity index (χ3v) is 10.9. The Labute approximate surface area is 189 Å². The normalized spacial score (nSPS) is 24.9. The molecule has 1 aromatic carbocycles. The fourth-order valence-corrected chi connectivity index (χ4v) is 4.91. The first-order valence-electron chi connectivity index (χ1n) is 11.1.